The smallest absolute Gasteiger partial charge is 0.119 e. The van der Waals surface area contributed by atoms with E-state index in [0.29, 0.717) is 0 Å². The first-order chi connectivity index (χ1) is 11.3. The van der Waals surface area contributed by atoms with Crippen LogP contribution in [0.2, 0.25) is 0 Å². The summed E-state index contributed by atoms with van der Waals surface area (Å²) in [5, 5.41) is 3.47. The van der Waals surface area contributed by atoms with Gasteiger partial charge in [-0.15, -0.1) is 0 Å². The molecular formula is C20H34N2O. The van der Waals surface area contributed by atoms with Crippen LogP contribution in [-0.2, 0) is 0 Å². The Morgan fingerprint density at radius 1 is 1.09 bits per heavy atom. The number of nitrogens with one attached hydrogen (secondary N) is 1. The summed E-state index contributed by atoms with van der Waals surface area (Å²) in [6, 6.07) is 8.67. The minimum Gasteiger partial charge on any atom is -0.494 e. The van der Waals surface area contributed by atoms with E-state index in [-0.39, 0.29) is 0 Å². The van der Waals surface area contributed by atoms with E-state index in [4.69, 9.17) is 4.74 Å². The van der Waals surface area contributed by atoms with Crippen molar-refractivity contribution in [2.45, 2.75) is 52.4 Å². The number of unbranched alkanes of at least 4 members (excludes halogenated alkanes) is 4. The van der Waals surface area contributed by atoms with Gasteiger partial charge in [0.15, 0.2) is 0 Å². The molecular weight excluding hydrogens is 284 g/mol. The first kappa shape index (κ1) is 18.1. The summed E-state index contributed by atoms with van der Waals surface area (Å²) in [4.78, 5) is 2.50. The molecule has 0 amide bonds. The molecule has 1 N–H and O–H groups in total. The van der Waals surface area contributed by atoms with Crippen LogP contribution in [0.25, 0.3) is 0 Å². The Hall–Kier alpha value is -1.22. The zero-order valence-corrected chi connectivity index (χ0v) is 15.0. The van der Waals surface area contributed by atoms with Gasteiger partial charge in [-0.05, 0) is 56.1 Å². The number of nitrogens with zero attached hydrogens (tertiary/aromatic N) is 1. The van der Waals surface area contributed by atoms with E-state index in [2.05, 4.69) is 48.3 Å². The van der Waals surface area contributed by atoms with Gasteiger partial charge >= 0.3 is 0 Å². The maximum absolute atomic E-state index is 5.85. The van der Waals surface area contributed by atoms with Gasteiger partial charge in [-0.2, -0.15) is 0 Å². The van der Waals surface area contributed by atoms with Crippen LogP contribution in [-0.4, -0.2) is 32.8 Å². The average Bonchev–Trinajstić information content (AvgIpc) is 3.05. The maximum Gasteiger partial charge on any atom is 0.119 e. The molecule has 2 rings (SSSR count). The second-order valence-electron chi connectivity index (χ2n) is 6.66. The van der Waals surface area contributed by atoms with Crippen molar-refractivity contribution in [1.82, 2.24) is 5.32 Å². The molecule has 0 spiro atoms. The van der Waals surface area contributed by atoms with Crippen molar-refractivity contribution in [3.05, 3.63) is 24.3 Å². The number of hydrogen-bond donors (Lipinski definition) is 1. The van der Waals surface area contributed by atoms with Crippen LogP contribution in [0.1, 0.15) is 52.4 Å². The number of benzene rings is 1. The highest BCUT2D eigenvalue weighted by Gasteiger charge is 2.22. The fourth-order valence-corrected chi connectivity index (χ4v) is 3.23. The van der Waals surface area contributed by atoms with Crippen LogP contribution in [0.3, 0.4) is 0 Å². The Bertz CT molecular complexity index is 418. The molecule has 1 heterocycles. The Balaban J connectivity index is 1.68. The molecule has 1 aliphatic heterocycles. The lowest BCUT2D eigenvalue weighted by molar-refractivity contribution is 0.304. The Kier molecular flexibility index (Phi) is 8.30. The van der Waals surface area contributed by atoms with E-state index < -0.39 is 0 Å². The molecule has 1 aromatic rings. The summed E-state index contributed by atoms with van der Waals surface area (Å²) in [5.74, 6) is 1.79. The molecule has 0 bridgehead atoms. The molecule has 3 heteroatoms. The summed E-state index contributed by atoms with van der Waals surface area (Å²) >= 11 is 0. The predicted molar refractivity (Wildman–Crippen MR) is 99.6 cm³/mol. The van der Waals surface area contributed by atoms with Crippen molar-refractivity contribution in [3.63, 3.8) is 0 Å². The quantitative estimate of drug-likeness (QED) is 0.609. The lowest BCUT2D eigenvalue weighted by atomic mass is 10.1. The van der Waals surface area contributed by atoms with E-state index in [0.717, 1.165) is 31.4 Å². The van der Waals surface area contributed by atoms with Crippen molar-refractivity contribution in [3.8, 4) is 5.75 Å². The van der Waals surface area contributed by atoms with Crippen molar-refractivity contribution >= 4 is 5.69 Å². The monoisotopic (exact) mass is 318 g/mol. The molecule has 0 saturated carbocycles. The molecule has 1 fully saturated rings. The highest BCUT2D eigenvalue weighted by Crippen LogP contribution is 2.25. The molecule has 130 valence electrons. The predicted octanol–water partition coefficient (Wildman–Crippen LogP) is 4.47. The molecule has 0 aliphatic carbocycles. The van der Waals surface area contributed by atoms with Crippen molar-refractivity contribution in [1.29, 1.82) is 0 Å². The summed E-state index contributed by atoms with van der Waals surface area (Å²) < 4.78 is 5.85. The lowest BCUT2D eigenvalue weighted by Crippen LogP contribution is -2.26. The minimum atomic E-state index is 0.786. The third kappa shape index (κ3) is 6.42. The normalized spacial score (nSPS) is 17.7. The molecule has 1 saturated heterocycles. The minimum absolute atomic E-state index is 0.786. The van der Waals surface area contributed by atoms with Gasteiger partial charge < -0.3 is 15.0 Å². The van der Waals surface area contributed by atoms with Gasteiger partial charge in [0.1, 0.15) is 5.75 Å². The van der Waals surface area contributed by atoms with Crippen LogP contribution in [0, 0.1) is 5.92 Å². The summed E-state index contributed by atoms with van der Waals surface area (Å²) in [6.45, 7) is 9.83. The molecule has 3 nitrogen and oxygen atoms in total. The van der Waals surface area contributed by atoms with E-state index in [1.165, 1.54) is 57.3 Å². The topological polar surface area (TPSA) is 24.5 Å². The highest BCUT2D eigenvalue weighted by atomic mass is 16.5. The van der Waals surface area contributed by atoms with Gasteiger partial charge in [-0.1, -0.05) is 39.5 Å². The van der Waals surface area contributed by atoms with E-state index >= 15 is 0 Å². The van der Waals surface area contributed by atoms with Gasteiger partial charge in [0.2, 0.25) is 0 Å². The van der Waals surface area contributed by atoms with Crippen LogP contribution >= 0.6 is 0 Å². The third-order valence-electron chi connectivity index (χ3n) is 4.69. The van der Waals surface area contributed by atoms with E-state index in [1.54, 1.807) is 0 Å². The zero-order valence-electron chi connectivity index (χ0n) is 15.0. The van der Waals surface area contributed by atoms with Gasteiger partial charge in [0, 0.05) is 18.8 Å². The van der Waals surface area contributed by atoms with Gasteiger partial charge in [0.05, 0.1) is 6.61 Å². The fourth-order valence-electron chi connectivity index (χ4n) is 3.23. The second-order valence-corrected chi connectivity index (χ2v) is 6.66. The number of ether oxygens (including phenoxy) is 1. The SMILES string of the molecule is CCCCCCCOc1ccc(N2CCC(CNCC)C2)cc1. The third-order valence-corrected chi connectivity index (χ3v) is 4.69. The van der Waals surface area contributed by atoms with Crippen LogP contribution < -0.4 is 15.0 Å². The van der Waals surface area contributed by atoms with Gasteiger partial charge in [0.25, 0.3) is 0 Å². The maximum atomic E-state index is 5.85. The Morgan fingerprint density at radius 2 is 1.87 bits per heavy atom. The summed E-state index contributed by atoms with van der Waals surface area (Å²) in [5.41, 5.74) is 1.33. The van der Waals surface area contributed by atoms with Crippen LogP contribution in [0.4, 0.5) is 5.69 Å². The fraction of sp³-hybridized carbons (Fsp3) is 0.700. The van der Waals surface area contributed by atoms with E-state index in [1.807, 2.05) is 0 Å². The van der Waals surface area contributed by atoms with Gasteiger partial charge in [-0.25, -0.2) is 0 Å². The molecule has 0 radical (unpaired) electrons. The molecule has 23 heavy (non-hydrogen) atoms. The largest absolute Gasteiger partial charge is 0.494 e. The standard InChI is InChI=1S/C20H34N2O/c1-3-5-6-7-8-15-23-20-11-9-19(10-12-20)22-14-13-18(17-22)16-21-4-2/h9-12,18,21H,3-8,13-17H2,1-2H3. The molecule has 1 unspecified atom stereocenters. The second kappa shape index (κ2) is 10.5. The van der Waals surface area contributed by atoms with Crippen molar-refractivity contribution in [2.75, 3.05) is 37.7 Å². The first-order valence-electron chi connectivity index (χ1n) is 9.52. The van der Waals surface area contributed by atoms with Crippen molar-refractivity contribution < 1.29 is 4.74 Å². The number of anilines is 1. The highest BCUT2D eigenvalue weighted by molar-refractivity contribution is 5.49. The Labute approximate surface area is 142 Å². The lowest BCUT2D eigenvalue weighted by Gasteiger charge is -2.19. The number of rotatable bonds is 11. The van der Waals surface area contributed by atoms with E-state index in [9.17, 15) is 0 Å². The van der Waals surface area contributed by atoms with Gasteiger partial charge in [-0.3, -0.25) is 0 Å². The summed E-state index contributed by atoms with van der Waals surface area (Å²) in [6.07, 6.45) is 7.73. The van der Waals surface area contributed by atoms with Crippen LogP contribution in [0.15, 0.2) is 24.3 Å². The molecule has 1 atom stereocenters. The van der Waals surface area contributed by atoms with Crippen molar-refractivity contribution in [2.24, 2.45) is 5.92 Å². The van der Waals surface area contributed by atoms with Crippen LogP contribution in [0.5, 0.6) is 5.75 Å². The first-order valence-corrected chi connectivity index (χ1v) is 9.52. The zero-order chi connectivity index (χ0) is 16.3. The molecule has 1 aromatic carbocycles. The molecule has 0 aromatic heterocycles. The molecule has 1 aliphatic rings. The average molecular weight is 319 g/mol. The summed E-state index contributed by atoms with van der Waals surface area (Å²) in [7, 11) is 0. The number of hydrogen-bond acceptors (Lipinski definition) is 3. The Morgan fingerprint density at radius 3 is 2.61 bits per heavy atom.